The Balaban J connectivity index is 1.92. The maximum absolute atomic E-state index is 13.3. The number of carbonyl (C=O) groups excluding carboxylic acids is 1. The second-order valence-corrected chi connectivity index (χ2v) is 3.97. The van der Waals surface area contributed by atoms with Crippen molar-refractivity contribution in [3.8, 4) is 0 Å². The molecule has 0 aromatic heterocycles. The average molecular weight is 257 g/mol. The molecule has 0 spiro atoms. The number of halogens is 2. The van der Waals surface area contributed by atoms with E-state index in [4.69, 9.17) is 9.57 Å². The summed E-state index contributed by atoms with van der Waals surface area (Å²) in [5.41, 5.74) is 1.67. The van der Waals surface area contributed by atoms with Crippen LogP contribution in [0, 0.1) is 11.6 Å². The lowest BCUT2D eigenvalue weighted by Crippen LogP contribution is -2.33. The van der Waals surface area contributed by atoms with Crippen LogP contribution in [0.2, 0.25) is 0 Å². The molecule has 1 heterocycles. The number of hydroxylamine groups is 1. The van der Waals surface area contributed by atoms with Crippen molar-refractivity contribution in [2.75, 3.05) is 6.61 Å². The van der Waals surface area contributed by atoms with E-state index < -0.39 is 29.4 Å². The number of nitrogens with one attached hydrogen (secondary N) is 1. The van der Waals surface area contributed by atoms with Crippen LogP contribution in [-0.2, 0) is 9.57 Å². The van der Waals surface area contributed by atoms with Crippen molar-refractivity contribution in [2.24, 2.45) is 0 Å². The molecule has 0 aliphatic carbocycles. The van der Waals surface area contributed by atoms with Crippen LogP contribution in [-0.4, -0.2) is 18.8 Å². The molecule has 2 rings (SSSR count). The van der Waals surface area contributed by atoms with E-state index in [2.05, 4.69) is 5.48 Å². The van der Waals surface area contributed by atoms with E-state index in [-0.39, 0.29) is 0 Å². The van der Waals surface area contributed by atoms with E-state index in [1.807, 2.05) is 0 Å². The molecule has 1 aliphatic rings. The summed E-state index contributed by atoms with van der Waals surface area (Å²) in [7, 11) is 0. The normalized spacial score (nSPS) is 19.6. The van der Waals surface area contributed by atoms with E-state index >= 15 is 0 Å². The predicted molar refractivity (Wildman–Crippen MR) is 58.5 cm³/mol. The van der Waals surface area contributed by atoms with Crippen molar-refractivity contribution >= 4 is 5.91 Å². The molecule has 18 heavy (non-hydrogen) atoms. The second-order valence-electron chi connectivity index (χ2n) is 3.97. The van der Waals surface area contributed by atoms with Crippen LogP contribution in [0.3, 0.4) is 0 Å². The number of ether oxygens (including phenoxy) is 1. The highest BCUT2D eigenvalue weighted by Gasteiger charge is 2.18. The maximum atomic E-state index is 13.3. The molecular formula is C12H13F2NO3. The molecule has 0 bridgehead atoms. The Morgan fingerprint density at radius 1 is 1.39 bits per heavy atom. The topological polar surface area (TPSA) is 47.6 Å². The number of rotatable bonds is 3. The van der Waals surface area contributed by atoms with Crippen LogP contribution >= 0.6 is 0 Å². The summed E-state index contributed by atoms with van der Waals surface area (Å²) >= 11 is 0. The first kappa shape index (κ1) is 12.9. The molecule has 1 N–H and O–H groups in total. The third kappa shape index (κ3) is 3.24. The Bertz CT molecular complexity index is 433. The smallest absolute Gasteiger partial charge is 0.278 e. The van der Waals surface area contributed by atoms with E-state index in [1.54, 1.807) is 0 Å². The summed E-state index contributed by atoms with van der Waals surface area (Å²) < 4.78 is 31.4. The lowest BCUT2D eigenvalue weighted by atomic mass is 10.2. The molecule has 0 unspecified atom stereocenters. The largest absolute Gasteiger partial charge is 0.350 e. The van der Waals surface area contributed by atoms with Crippen LogP contribution in [0.25, 0.3) is 0 Å². The van der Waals surface area contributed by atoms with Gasteiger partial charge in [-0.25, -0.2) is 19.1 Å². The maximum Gasteiger partial charge on any atom is 0.278 e. The Kier molecular flexibility index (Phi) is 4.22. The second kappa shape index (κ2) is 5.88. The minimum absolute atomic E-state index is 0.397. The van der Waals surface area contributed by atoms with Gasteiger partial charge in [0.2, 0.25) is 0 Å². The molecule has 1 aromatic rings. The van der Waals surface area contributed by atoms with E-state index in [9.17, 15) is 13.6 Å². The summed E-state index contributed by atoms with van der Waals surface area (Å²) in [4.78, 5) is 16.5. The molecule has 1 fully saturated rings. The Labute approximate surface area is 103 Å². The van der Waals surface area contributed by atoms with Crippen LogP contribution in [0.4, 0.5) is 8.78 Å². The molecule has 0 saturated carbocycles. The van der Waals surface area contributed by atoms with Crippen LogP contribution in [0.15, 0.2) is 18.2 Å². The lowest BCUT2D eigenvalue weighted by Gasteiger charge is -2.22. The summed E-state index contributed by atoms with van der Waals surface area (Å²) in [6, 6.07) is 2.65. The molecule has 1 amide bonds. The highest BCUT2D eigenvalue weighted by Crippen LogP contribution is 2.13. The first-order chi connectivity index (χ1) is 8.66. The van der Waals surface area contributed by atoms with Crippen molar-refractivity contribution in [3.63, 3.8) is 0 Å². The first-order valence-electron chi connectivity index (χ1n) is 5.69. The van der Waals surface area contributed by atoms with Gasteiger partial charge in [-0.3, -0.25) is 4.79 Å². The molecule has 98 valence electrons. The van der Waals surface area contributed by atoms with Gasteiger partial charge in [-0.05, 0) is 31.0 Å². The van der Waals surface area contributed by atoms with Gasteiger partial charge in [0, 0.05) is 13.0 Å². The van der Waals surface area contributed by atoms with E-state index in [0.717, 1.165) is 31.0 Å². The lowest BCUT2D eigenvalue weighted by molar-refractivity contribution is -0.186. The highest BCUT2D eigenvalue weighted by atomic mass is 19.1. The zero-order valence-corrected chi connectivity index (χ0v) is 9.62. The van der Waals surface area contributed by atoms with Gasteiger partial charge in [-0.15, -0.1) is 0 Å². The monoisotopic (exact) mass is 257 g/mol. The van der Waals surface area contributed by atoms with Gasteiger partial charge in [0.1, 0.15) is 11.6 Å². The summed E-state index contributed by atoms with van der Waals surface area (Å²) in [6.45, 7) is 0.564. The van der Waals surface area contributed by atoms with Gasteiger partial charge < -0.3 is 4.74 Å². The Hall–Kier alpha value is -1.53. The third-order valence-electron chi connectivity index (χ3n) is 2.59. The molecule has 0 radical (unpaired) electrons. The predicted octanol–water partition coefficient (Wildman–Crippen LogP) is 2.15. The van der Waals surface area contributed by atoms with Gasteiger partial charge >= 0.3 is 0 Å². The number of amides is 1. The van der Waals surface area contributed by atoms with E-state index in [1.165, 1.54) is 0 Å². The Morgan fingerprint density at radius 2 is 2.22 bits per heavy atom. The fraction of sp³-hybridized carbons (Fsp3) is 0.417. The zero-order valence-electron chi connectivity index (χ0n) is 9.62. The fourth-order valence-corrected chi connectivity index (χ4v) is 1.65. The molecule has 1 aliphatic heterocycles. The molecular weight excluding hydrogens is 244 g/mol. The summed E-state index contributed by atoms with van der Waals surface area (Å²) in [5.74, 6) is -2.32. The highest BCUT2D eigenvalue weighted by molar-refractivity contribution is 5.93. The number of hydrogen-bond donors (Lipinski definition) is 1. The van der Waals surface area contributed by atoms with Crippen molar-refractivity contribution in [1.29, 1.82) is 0 Å². The first-order valence-corrected chi connectivity index (χ1v) is 5.69. The van der Waals surface area contributed by atoms with Crippen molar-refractivity contribution in [1.82, 2.24) is 5.48 Å². The van der Waals surface area contributed by atoms with Crippen molar-refractivity contribution < 1.29 is 23.1 Å². The van der Waals surface area contributed by atoms with Crippen LogP contribution in [0.5, 0.6) is 0 Å². The quantitative estimate of drug-likeness (QED) is 0.844. The minimum atomic E-state index is -0.832. The van der Waals surface area contributed by atoms with Crippen LogP contribution < -0.4 is 5.48 Å². The van der Waals surface area contributed by atoms with Crippen LogP contribution in [0.1, 0.15) is 29.6 Å². The number of carbonyl (C=O) groups is 1. The van der Waals surface area contributed by atoms with Gasteiger partial charge in [-0.1, -0.05) is 0 Å². The fourth-order valence-electron chi connectivity index (χ4n) is 1.65. The van der Waals surface area contributed by atoms with Crippen molar-refractivity contribution in [2.45, 2.75) is 25.6 Å². The standard InChI is InChI=1S/C12H13F2NO3/c13-8-4-5-10(14)9(7-8)12(16)15-18-11-3-1-2-6-17-11/h4-5,7,11H,1-3,6H2,(H,15,16)/t11-/m1/s1. The zero-order chi connectivity index (χ0) is 13.0. The third-order valence-corrected chi connectivity index (χ3v) is 2.59. The van der Waals surface area contributed by atoms with Gasteiger partial charge in [0.15, 0.2) is 6.29 Å². The average Bonchev–Trinajstić information content (AvgIpc) is 2.40. The number of benzene rings is 1. The van der Waals surface area contributed by atoms with Gasteiger partial charge in [-0.2, -0.15) is 0 Å². The molecule has 1 aromatic carbocycles. The summed E-state index contributed by atoms with van der Waals surface area (Å²) in [5, 5.41) is 0. The van der Waals surface area contributed by atoms with E-state index in [0.29, 0.717) is 13.0 Å². The minimum Gasteiger partial charge on any atom is -0.350 e. The molecule has 6 heteroatoms. The number of hydrogen-bond acceptors (Lipinski definition) is 3. The van der Waals surface area contributed by atoms with Gasteiger partial charge in [0.05, 0.1) is 5.56 Å². The summed E-state index contributed by atoms with van der Waals surface area (Å²) in [6.07, 6.45) is 2.02. The molecule has 1 atom stereocenters. The Morgan fingerprint density at radius 3 is 2.94 bits per heavy atom. The molecule has 1 saturated heterocycles. The van der Waals surface area contributed by atoms with Crippen molar-refractivity contribution in [3.05, 3.63) is 35.4 Å². The van der Waals surface area contributed by atoms with Gasteiger partial charge in [0.25, 0.3) is 5.91 Å². The molecule has 4 nitrogen and oxygen atoms in total. The SMILES string of the molecule is O=C(NO[C@@H]1CCCCO1)c1cc(F)ccc1F.